The molecule has 0 atom stereocenters. The van der Waals surface area contributed by atoms with Crippen LogP contribution in [0.3, 0.4) is 0 Å². The lowest BCUT2D eigenvalue weighted by molar-refractivity contribution is 0.0988. The van der Waals surface area contributed by atoms with Crippen LogP contribution in [0.2, 0.25) is 5.02 Å². The zero-order valence-electron chi connectivity index (χ0n) is 11.8. The maximum Gasteiger partial charge on any atom is 0.170 e. The van der Waals surface area contributed by atoms with Crippen LogP contribution in [0.5, 0.6) is 0 Å². The molecule has 0 saturated carbocycles. The Balaban J connectivity index is 2.20. The Bertz CT molecular complexity index is 663. The number of carbonyl (C=O) groups excluding carboxylic acids is 1. The lowest BCUT2D eigenvalue weighted by atomic mass is 9.98. The van der Waals surface area contributed by atoms with Gasteiger partial charge in [0.1, 0.15) is 11.6 Å². The first-order valence-electron chi connectivity index (χ1n) is 6.65. The summed E-state index contributed by atoms with van der Waals surface area (Å²) < 4.78 is 27.0. The molecule has 21 heavy (non-hydrogen) atoms. The van der Waals surface area contributed by atoms with Crippen molar-refractivity contribution in [2.75, 3.05) is 0 Å². The Morgan fingerprint density at radius 1 is 1.10 bits per heavy atom. The van der Waals surface area contributed by atoms with Gasteiger partial charge in [-0.25, -0.2) is 8.78 Å². The summed E-state index contributed by atoms with van der Waals surface area (Å²) in [5.41, 5.74) is 1.65. The smallest absolute Gasteiger partial charge is 0.170 e. The molecular weight excluding hydrogens is 294 g/mol. The van der Waals surface area contributed by atoms with Crippen molar-refractivity contribution in [2.24, 2.45) is 0 Å². The van der Waals surface area contributed by atoms with Gasteiger partial charge in [-0.3, -0.25) is 4.79 Å². The second-order valence-electron chi connectivity index (χ2n) is 5.24. The molecule has 0 aliphatic rings. The van der Waals surface area contributed by atoms with Crippen molar-refractivity contribution in [3.05, 3.63) is 69.7 Å². The standard InChI is InChI=1S/C17H15ClF2O/c1-10(2)12-5-3-11(4-6-12)7-17(21)13-8-16(20)14(18)9-15(13)19/h3-6,8-10H,7H2,1-2H3. The Morgan fingerprint density at radius 3 is 2.29 bits per heavy atom. The fourth-order valence-electron chi connectivity index (χ4n) is 2.04. The Hall–Kier alpha value is -1.74. The lowest BCUT2D eigenvalue weighted by Gasteiger charge is -2.07. The third-order valence-corrected chi connectivity index (χ3v) is 3.61. The average molecular weight is 309 g/mol. The molecule has 0 amide bonds. The van der Waals surface area contributed by atoms with Gasteiger partial charge in [-0.2, -0.15) is 0 Å². The molecule has 4 heteroatoms. The zero-order valence-corrected chi connectivity index (χ0v) is 12.5. The van der Waals surface area contributed by atoms with Crippen molar-refractivity contribution in [2.45, 2.75) is 26.2 Å². The lowest BCUT2D eigenvalue weighted by Crippen LogP contribution is -2.07. The van der Waals surface area contributed by atoms with Gasteiger partial charge in [0.25, 0.3) is 0 Å². The largest absolute Gasteiger partial charge is 0.294 e. The number of rotatable bonds is 4. The normalized spacial score (nSPS) is 11.0. The van der Waals surface area contributed by atoms with Gasteiger partial charge in [-0.1, -0.05) is 49.7 Å². The predicted octanol–water partition coefficient (Wildman–Crippen LogP) is 5.17. The van der Waals surface area contributed by atoms with Crippen LogP contribution >= 0.6 is 11.6 Å². The van der Waals surface area contributed by atoms with Gasteiger partial charge >= 0.3 is 0 Å². The van der Waals surface area contributed by atoms with Gasteiger partial charge in [0, 0.05) is 6.42 Å². The number of benzene rings is 2. The first-order chi connectivity index (χ1) is 9.88. The van der Waals surface area contributed by atoms with E-state index in [-0.39, 0.29) is 17.0 Å². The second kappa shape index (κ2) is 6.35. The fraction of sp³-hybridized carbons (Fsp3) is 0.235. The third-order valence-electron chi connectivity index (χ3n) is 3.32. The minimum Gasteiger partial charge on any atom is -0.294 e. The van der Waals surface area contributed by atoms with Gasteiger partial charge in [-0.05, 0) is 29.2 Å². The van der Waals surface area contributed by atoms with Gasteiger partial charge in [0.2, 0.25) is 0 Å². The van der Waals surface area contributed by atoms with Crippen molar-refractivity contribution in [3.63, 3.8) is 0 Å². The topological polar surface area (TPSA) is 17.1 Å². The Labute approximate surface area is 127 Å². The van der Waals surface area contributed by atoms with E-state index in [9.17, 15) is 13.6 Å². The minimum absolute atomic E-state index is 0.0242. The molecule has 0 heterocycles. The molecule has 0 bridgehead atoms. The summed E-state index contributed by atoms with van der Waals surface area (Å²) in [4.78, 5) is 12.1. The van der Waals surface area contributed by atoms with E-state index in [1.807, 2.05) is 24.3 Å². The number of hydrogen-bond acceptors (Lipinski definition) is 1. The second-order valence-corrected chi connectivity index (χ2v) is 5.65. The first-order valence-corrected chi connectivity index (χ1v) is 7.03. The van der Waals surface area contributed by atoms with Crippen molar-refractivity contribution in [3.8, 4) is 0 Å². The molecule has 0 spiro atoms. The molecule has 2 aromatic rings. The number of halogens is 3. The highest BCUT2D eigenvalue weighted by Gasteiger charge is 2.16. The molecule has 0 N–H and O–H groups in total. The zero-order chi connectivity index (χ0) is 15.6. The predicted molar refractivity (Wildman–Crippen MR) is 79.9 cm³/mol. The molecule has 1 nitrogen and oxygen atoms in total. The highest BCUT2D eigenvalue weighted by atomic mass is 35.5. The molecule has 0 aliphatic carbocycles. The van der Waals surface area contributed by atoms with Crippen LogP contribution in [-0.2, 0) is 6.42 Å². The maximum absolute atomic E-state index is 13.7. The van der Waals surface area contributed by atoms with Crippen molar-refractivity contribution in [1.29, 1.82) is 0 Å². The van der Waals surface area contributed by atoms with E-state index in [4.69, 9.17) is 11.6 Å². The Morgan fingerprint density at radius 2 is 1.71 bits per heavy atom. The van der Waals surface area contributed by atoms with Gasteiger partial charge < -0.3 is 0 Å². The number of ketones is 1. The molecule has 2 rings (SSSR count). The van der Waals surface area contributed by atoms with Gasteiger partial charge in [0.05, 0.1) is 10.6 Å². The summed E-state index contributed by atoms with van der Waals surface area (Å²) in [7, 11) is 0. The highest BCUT2D eigenvalue weighted by Crippen LogP contribution is 2.21. The van der Waals surface area contributed by atoms with E-state index in [1.54, 1.807) is 0 Å². The number of hydrogen-bond donors (Lipinski definition) is 0. The van der Waals surface area contributed by atoms with E-state index in [1.165, 1.54) is 0 Å². The third kappa shape index (κ3) is 3.67. The van der Waals surface area contributed by atoms with Crippen LogP contribution < -0.4 is 0 Å². The molecule has 0 fully saturated rings. The molecular formula is C17H15ClF2O. The van der Waals surface area contributed by atoms with Crippen LogP contribution in [0.1, 0.15) is 41.3 Å². The van der Waals surface area contributed by atoms with E-state index < -0.39 is 17.4 Å². The molecule has 0 saturated heterocycles. The van der Waals surface area contributed by atoms with E-state index >= 15 is 0 Å². The van der Waals surface area contributed by atoms with Crippen LogP contribution in [-0.4, -0.2) is 5.78 Å². The molecule has 0 aromatic heterocycles. The van der Waals surface area contributed by atoms with E-state index in [0.29, 0.717) is 5.92 Å². The van der Waals surface area contributed by atoms with Crippen molar-refractivity contribution < 1.29 is 13.6 Å². The molecule has 2 aromatic carbocycles. The SMILES string of the molecule is CC(C)c1ccc(CC(=O)c2cc(F)c(Cl)cc2F)cc1. The first kappa shape index (κ1) is 15.6. The van der Waals surface area contributed by atoms with Crippen molar-refractivity contribution >= 4 is 17.4 Å². The Kier molecular flexibility index (Phi) is 4.73. The molecule has 0 unspecified atom stereocenters. The van der Waals surface area contributed by atoms with Crippen LogP contribution in [0, 0.1) is 11.6 Å². The average Bonchev–Trinajstić information content (AvgIpc) is 2.43. The number of Topliss-reactive ketones (excluding diaryl/α,β-unsaturated/α-hetero) is 1. The summed E-state index contributed by atoms with van der Waals surface area (Å²) >= 11 is 5.47. The van der Waals surface area contributed by atoms with Gasteiger partial charge in [-0.15, -0.1) is 0 Å². The van der Waals surface area contributed by atoms with E-state index in [2.05, 4.69) is 13.8 Å². The van der Waals surface area contributed by atoms with E-state index in [0.717, 1.165) is 23.3 Å². The summed E-state index contributed by atoms with van der Waals surface area (Å²) in [6.07, 6.45) is 0.0242. The summed E-state index contributed by atoms with van der Waals surface area (Å²) in [6.45, 7) is 4.15. The fourth-order valence-corrected chi connectivity index (χ4v) is 2.19. The molecule has 110 valence electrons. The monoisotopic (exact) mass is 308 g/mol. The van der Waals surface area contributed by atoms with Crippen LogP contribution in [0.25, 0.3) is 0 Å². The van der Waals surface area contributed by atoms with Crippen molar-refractivity contribution in [1.82, 2.24) is 0 Å². The van der Waals surface area contributed by atoms with Crippen LogP contribution in [0.4, 0.5) is 8.78 Å². The highest BCUT2D eigenvalue weighted by molar-refractivity contribution is 6.30. The maximum atomic E-state index is 13.7. The molecule has 0 aliphatic heterocycles. The summed E-state index contributed by atoms with van der Waals surface area (Å²) in [5.74, 6) is -1.67. The summed E-state index contributed by atoms with van der Waals surface area (Å²) in [6, 6.07) is 9.21. The quantitative estimate of drug-likeness (QED) is 0.563. The van der Waals surface area contributed by atoms with Gasteiger partial charge in [0.15, 0.2) is 5.78 Å². The summed E-state index contributed by atoms with van der Waals surface area (Å²) in [5, 5.41) is -0.328. The van der Waals surface area contributed by atoms with Crippen LogP contribution in [0.15, 0.2) is 36.4 Å². The number of carbonyl (C=O) groups is 1. The minimum atomic E-state index is -0.801. The molecule has 0 radical (unpaired) electrons.